The molecule has 1 amide bonds. The molecule has 0 aromatic carbocycles. The van der Waals surface area contributed by atoms with Crippen molar-refractivity contribution in [2.45, 2.75) is 64.5 Å². The van der Waals surface area contributed by atoms with E-state index >= 15 is 0 Å². The van der Waals surface area contributed by atoms with Crippen molar-refractivity contribution < 1.29 is 10.0 Å². The van der Waals surface area contributed by atoms with Crippen molar-refractivity contribution in [2.24, 2.45) is 4.99 Å². The fourth-order valence-corrected chi connectivity index (χ4v) is 4.82. The van der Waals surface area contributed by atoms with Gasteiger partial charge in [-0.15, -0.1) is 0 Å². The third-order valence-electron chi connectivity index (χ3n) is 6.42. The highest BCUT2D eigenvalue weighted by molar-refractivity contribution is 6.00. The Hall–Kier alpha value is -3.69. The van der Waals surface area contributed by atoms with Gasteiger partial charge in [0.1, 0.15) is 12.1 Å². The van der Waals surface area contributed by atoms with E-state index < -0.39 is 5.54 Å². The number of rotatable bonds is 4. The molecule has 2 aliphatic rings. The fraction of sp³-hybridized carbons (Fsp3) is 0.435. The summed E-state index contributed by atoms with van der Waals surface area (Å²) in [5.41, 5.74) is 1.72. The summed E-state index contributed by atoms with van der Waals surface area (Å²) < 4.78 is 2.91. The second kappa shape index (κ2) is 8.02. The normalized spacial score (nSPS) is 17.5. The number of nitrogens with one attached hydrogen (secondary N) is 2. The number of anilines is 2. The van der Waals surface area contributed by atoms with Gasteiger partial charge in [-0.25, -0.2) is 15.0 Å². The number of fused-ring (bicyclic) bond motifs is 2. The molecule has 1 aliphatic carbocycles. The first kappa shape index (κ1) is 21.2. The SMILES string of the molecule is Cc1cc(=Nc2cc(Nc3ccn(C(C)C)n3)ncn2)n(O)c2c1C(=O)NC21CCCCC1. The van der Waals surface area contributed by atoms with E-state index in [1.165, 1.54) is 6.33 Å². The summed E-state index contributed by atoms with van der Waals surface area (Å²) in [4.78, 5) is 25.8. The van der Waals surface area contributed by atoms with Crippen molar-refractivity contribution in [3.63, 3.8) is 0 Å². The minimum Gasteiger partial charge on any atom is -0.427 e. The summed E-state index contributed by atoms with van der Waals surface area (Å²) in [5.74, 6) is 1.46. The molecule has 0 bridgehead atoms. The lowest BCUT2D eigenvalue weighted by atomic mass is 9.79. The van der Waals surface area contributed by atoms with Crippen LogP contribution in [0.1, 0.15) is 73.6 Å². The quantitative estimate of drug-likeness (QED) is 0.525. The Labute approximate surface area is 191 Å². The number of hydrogen-bond acceptors (Lipinski definition) is 7. The van der Waals surface area contributed by atoms with Crippen molar-refractivity contribution in [3.8, 4) is 0 Å². The Balaban J connectivity index is 1.53. The highest BCUT2D eigenvalue weighted by Crippen LogP contribution is 2.42. The third-order valence-corrected chi connectivity index (χ3v) is 6.42. The first-order valence-electron chi connectivity index (χ1n) is 11.3. The molecule has 0 unspecified atom stereocenters. The van der Waals surface area contributed by atoms with Crippen LogP contribution in [-0.4, -0.2) is 35.6 Å². The van der Waals surface area contributed by atoms with Gasteiger partial charge in [-0.05, 0) is 45.2 Å². The van der Waals surface area contributed by atoms with Crippen LogP contribution in [0.15, 0.2) is 35.7 Å². The molecule has 3 aromatic heterocycles. The van der Waals surface area contributed by atoms with Gasteiger partial charge in [0.15, 0.2) is 17.1 Å². The van der Waals surface area contributed by atoms with Gasteiger partial charge < -0.3 is 15.8 Å². The number of hydrogen-bond donors (Lipinski definition) is 3. The average molecular weight is 449 g/mol. The second-order valence-electron chi connectivity index (χ2n) is 9.09. The molecule has 1 saturated carbocycles. The summed E-state index contributed by atoms with van der Waals surface area (Å²) >= 11 is 0. The molecule has 33 heavy (non-hydrogen) atoms. The molecule has 0 radical (unpaired) electrons. The maximum absolute atomic E-state index is 12.7. The van der Waals surface area contributed by atoms with Crippen LogP contribution in [-0.2, 0) is 5.54 Å². The molecule has 5 rings (SSSR count). The molecule has 0 atom stereocenters. The van der Waals surface area contributed by atoms with Gasteiger partial charge in [-0.2, -0.15) is 9.83 Å². The van der Waals surface area contributed by atoms with Crippen LogP contribution in [0, 0.1) is 6.92 Å². The number of carbonyl (C=O) groups excluding carboxylic acids is 1. The smallest absolute Gasteiger partial charge is 0.254 e. The zero-order valence-corrected chi connectivity index (χ0v) is 19.0. The predicted molar refractivity (Wildman–Crippen MR) is 122 cm³/mol. The number of amides is 1. The summed E-state index contributed by atoms with van der Waals surface area (Å²) in [7, 11) is 0. The van der Waals surface area contributed by atoms with Crippen LogP contribution in [0.5, 0.6) is 0 Å². The Morgan fingerprint density at radius 1 is 1.18 bits per heavy atom. The summed E-state index contributed by atoms with van der Waals surface area (Å²) in [6, 6.07) is 5.53. The van der Waals surface area contributed by atoms with Crippen LogP contribution >= 0.6 is 0 Å². The van der Waals surface area contributed by atoms with Crippen LogP contribution in [0.3, 0.4) is 0 Å². The minimum absolute atomic E-state index is 0.131. The summed E-state index contributed by atoms with van der Waals surface area (Å²) in [6.45, 7) is 5.99. The first-order valence-corrected chi connectivity index (χ1v) is 11.3. The van der Waals surface area contributed by atoms with Gasteiger partial charge >= 0.3 is 0 Å². The molecule has 1 fully saturated rings. The predicted octanol–water partition coefficient (Wildman–Crippen LogP) is 3.48. The second-order valence-corrected chi connectivity index (χ2v) is 9.09. The van der Waals surface area contributed by atoms with E-state index in [0.717, 1.165) is 42.4 Å². The Morgan fingerprint density at radius 2 is 1.97 bits per heavy atom. The molecule has 0 saturated heterocycles. The van der Waals surface area contributed by atoms with Crippen molar-refractivity contribution in [3.05, 3.63) is 53.0 Å². The number of nitrogens with zero attached hydrogens (tertiary/aromatic N) is 6. The Bertz CT molecular complexity index is 1280. The van der Waals surface area contributed by atoms with E-state index in [0.29, 0.717) is 34.2 Å². The highest BCUT2D eigenvalue weighted by Gasteiger charge is 2.47. The Kier molecular flexibility index (Phi) is 5.15. The molecule has 1 aliphatic heterocycles. The number of aromatic nitrogens is 5. The zero-order valence-electron chi connectivity index (χ0n) is 19.0. The van der Waals surface area contributed by atoms with Gasteiger partial charge in [0, 0.05) is 24.4 Å². The summed E-state index contributed by atoms with van der Waals surface area (Å²) in [6.07, 6.45) is 8.07. The van der Waals surface area contributed by atoms with E-state index in [4.69, 9.17) is 0 Å². The molecule has 172 valence electrons. The van der Waals surface area contributed by atoms with Crippen LogP contribution < -0.4 is 16.1 Å². The lowest BCUT2D eigenvalue weighted by Crippen LogP contribution is -2.43. The Morgan fingerprint density at radius 3 is 2.70 bits per heavy atom. The highest BCUT2D eigenvalue weighted by atomic mass is 16.5. The maximum Gasteiger partial charge on any atom is 0.254 e. The summed E-state index contributed by atoms with van der Waals surface area (Å²) in [5, 5.41) is 21.9. The third kappa shape index (κ3) is 3.75. The van der Waals surface area contributed by atoms with Crippen LogP contribution in [0.4, 0.5) is 17.5 Å². The average Bonchev–Trinajstić information content (AvgIpc) is 3.35. The standard InChI is InChI=1S/C23H28N8O2/c1-14(2)30-10-7-16(29-30)26-17-12-18(25-13-24-17)27-19-11-15(3)20-21(31(19)33)23(28-22(20)32)8-5-4-6-9-23/h7,10-14,33H,4-6,8-9H2,1-3H3,(H,28,32)(H,24,25,26,29). The van der Waals surface area contributed by atoms with Gasteiger partial charge in [0.05, 0.1) is 16.8 Å². The van der Waals surface area contributed by atoms with E-state index in [-0.39, 0.29) is 11.9 Å². The van der Waals surface area contributed by atoms with Crippen LogP contribution in [0.2, 0.25) is 0 Å². The van der Waals surface area contributed by atoms with E-state index in [1.54, 1.807) is 12.1 Å². The van der Waals surface area contributed by atoms with E-state index in [9.17, 15) is 10.0 Å². The van der Waals surface area contributed by atoms with Crippen LogP contribution in [0.25, 0.3) is 0 Å². The fourth-order valence-electron chi connectivity index (χ4n) is 4.82. The van der Waals surface area contributed by atoms with Gasteiger partial charge in [0.2, 0.25) is 0 Å². The minimum atomic E-state index is -0.538. The van der Waals surface area contributed by atoms with E-state index in [1.807, 2.05) is 23.9 Å². The van der Waals surface area contributed by atoms with Crippen molar-refractivity contribution >= 4 is 23.4 Å². The zero-order chi connectivity index (χ0) is 23.2. The molecular formula is C23H28N8O2. The first-order chi connectivity index (χ1) is 15.9. The number of aryl methyl sites for hydroxylation is 1. The maximum atomic E-state index is 12.7. The number of pyridine rings is 1. The van der Waals surface area contributed by atoms with Gasteiger partial charge in [0.25, 0.3) is 5.91 Å². The molecule has 10 nitrogen and oxygen atoms in total. The molecular weight excluding hydrogens is 420 g/mol. The molecule has 4 heterocycles. The van der Waals surface area contributed by atoms with Gasteiger partial charge in [-0.1, -0.05) is 19.3 Å². The largest absolute Gasteiger partial charge is 0.427 e. The topological polar surface area (TPSA) is 122 Å². The lowest BCUT2D eigenvalue weighted by molar-refractivity contribution is 0.0892. The molecule has 1 spiro atoms. The van der Waals surface area contributed by atoms with Gasteiger partial charge in [-0.3, -0.25) is 9.48 Å². The molecule has 3 N–H and O–H groups in total. The van der Waals surface area contributed by atoms with Crippen molar-refractivity contribution in [1.29, 1.82) is 0 Å². The molecule has 10 heteroatoms. The van der Waals surface area contributed by atoms with Crippen molar-refractivity contribution in [2.75, 3.05) is 5.32 Å². The monoisotopic (exact) mass is 448 g/mol. The lowest BCUT2D eigenvalue weighted by Gasteiger charge is -2.34. The number of carbonyl (C=O) groups is 1. The molecule has 3 aromatic rings. The van der Waals surface area contributed by atoms with Crippen molar-refractivity contribution in [1.82, 2.24) is 29.8 Å². The van der Waals surface area contributed by atoms with E-state index in [2.05, 4.69) is 44.5 Å².